The molecule has 1 aliphatic rings. The summed E-state index contributed by atoms with van der Waals surface area (Å²) < 4.78 is 0. The molecule has 0 radical (unpaired) electrons. The second-order valence-corrected chi connectivity index (χ2v) is 6.25. The van der Waals surface area contributed by atoms with E-state index in [1.807, 2.05) is 60.7 Å². The van der Waals surface area contributed by atoms with Crippen LogP contribution in [0, 0.1) is 5.92 Å². The number of likely N-dealkylation sites (tertiary alicyclic amines) is 1. The van der Waals surface area contributed by atoms with E-state index in [1.165, 1.54) is 6.92 Å². The molecule has 0 spiro atoms. The summed E-state index contributed by atoms with van der Waals surface area (Å²) in [6.45, 7) is 1.54. The number of aliphatic carboxylic acids is 1. The first kappa shape index (κ1) is 16.9. The maximum absolute atomic E-state index is 12.7. The van der Waals surface area contributed by atoms with Crippen molar-refractivity contribution in [1.29, 1.82) is 0 Å². The van der Waals surface area contributed by atoms with E-state index in [1.54, 1.807) is 0 Å². The van der Waals surface area contributed by atoms with Gasteiger partial charge in [-0.2, -0.15) is 0 Å². The third-order valence-electron chi connectivity index (χ3n) is 4.68. The fourth-order valence-corrected chi connectivity index (χ4v) is 3.31. The molecule has 25 heavy (non-hydrogen) atoms. The first-order valence-electron chi connectivity index (χ1n) is 8.19. The SMILES string of the molecule is C[C@H]1C(=O)N(C(=O)CC(c2ccccc2)c2ccccc2)[C@@H]1C(=O)O. The number of carboxylic acid groups (broad SMARTS) is 1. The second-order valence-electron chi connectivity index (χ2n) is 6.25. The Bertz CT molecular complexity index is 748. The molecule has 0 aliphatic carbocycles. The highest BCUT2D eigenvalue weighted by molar-refractivity contribution is 6.07. The Balaban J connectivity index is 1.87. The van der Waals surface area contributed by atoms with E-state index in [9.17, 15) is 19.5 Å². The third-order valence-corrected chi connectivity index (χ3v) is 4.68. The molecule has 1 fully saturated rings. The Kier molecular flexibility index (Phi) is 4.65. The lowest BCUT2D eigenvalue weighted by molar-refractivity contribution is -0.176. The first-order chi connectivity index (χ1) is 12.0. The van der Waals surface area contributed by atoms with Crippen molar-refractivity contribution < 1.29 is 19.5 Å². The van der Waals surface area contributed by atoms with Crippen LogP contribution in [-0.2, 0) is 14.4 Å². The average Bonchev–Trinajstić information content (AvgIpc) is 2.64. The molecule has 2 aromatic carbocycles. The summed E-state index contributed by atoms with van der Waals surface area (Å²) in [6, 6.07) is 18.0. The van der Waals surface area contributed by atoms with E-state index < -0.39 is 29.7 Å². The van der Waals surface area contributed by atoms with Crippen LogP contribution in [0.4, 0.5) is 0 Å². The minimum Gasteiger partial charge on any atom is -0.480 e. The van der Waals surface area contributed by atoms with Gasteiger partial charge in [-0.3, -0.25) is 14.5 Å². The smallest absolute Gasteiger partial charge is 0.327 e. The zero-order chi connectivity index (χ0) is 18.0. The van der Waals surface area contributed by atoms with Crippen LogP contribution in [0.25, 0.3) is 0 Å². The molecule has 2 atom stereocenters. The van der Waals surface area contributed by atoms with E-state index in [4.69, 9.17) is 0 Å². The van der Waals surface area contributed by atoms with Crippen molar-refractivity contribution in [3.8, 4) is 0 Å². The molecule has 128 valence electrons. The summed E-state index contributed by atoms with van der Waals surface area (Å²) in [5, 5.41) is 9.26. The lowest BCUT2D eigenvalue weighted by Crippen LogP contribution is -2.65. The van der Waals surface area contributed by atoms with Gasteiger partial charge in [0.2, 0.25) is 11.8 Å². The van der Waals surface area contributed by atoms with Gasteiger partial charge in [-0.15, -0.1) is 0 Å². The summed E-state index contributed by atoms with van der Waals surface area (Å²) in [5.41, 5.74) is 1.91. The zero-order valence-corrected chi connectivity index (χ0v) is 13.8. The van der Waals surface area contributed by atoms with Gasteiger partial charge in [-0.1, -0.05) is 67.6 Å². The van der Waals surface area contributed by atoms with Gasteiger partial charge in [0, 0.05) is 12.3 Å². The summed E-state index contributed by atoms with van der Waals surface area (Å²) in [5.74, 6) is -2.90. The third kappa shape index (κ3) is 3.18. The molecule has 5 nitrogen and oxygen atoms in total. The van der Waals surface area contributed by atoms with Crippen molar-refractivity contribution in [2.75, 3.05) is 0 Å². The number of carboxylic acids is 1. The number of benzene rings is 2. The summed E-state index contributed by atoms with van der Waals surface area (Å²) in [4.78, 5) is 36.9. The van der Waals surface area contributed by atoms with Crippen LogP contribution in [-0.4, -0.2) is 33.8 Å². The molecule has 1 N–H and O–H groups in total. The summed E-state index contributed by atoms with van der Waals surface area (Å²) in [7, 11) is 0. The number of nitrogens with zero attached hydrogens (tertiary/aromatic N) is 1. The van der Waals surface area contributed by atoms with Crippen LogP contribution in [0.5, 0.6) is 0 Å². The zero-order valence-electron chi connectivity index (χ0n) is 13.8. The van der Waals surface area contributed by atoms with Gasteiger partial charge >= 0.3 is 5.97 Å². The van der Waals surface area contributed by atoms with Gasteiger partial charge in [-0.05, 0) is 11.1 Å². The Labute approximate surface area is 145 Å². The number of imide groups is 1. The van der Waals surface area contributed by atoms with E-state index >= 15 is 0 Å². The van der Waals surface area contributed by atoms with Gasteiger partial charge in [0.15, 0.2) is 0 Å². The molecule has 5 heteroatoms. The number of β-lactam (4-membered cyclic amide) rings is 1. The van der Waals surface area contributed by atoms with Crippen molar-refractivity contribution in [3.63, 3.8) is 0 Å². The molecule has 0 bridgehead atoms. The van der Waals surface area contributed by atoms with Crippen molar-refractivity contribution in [3.05, 3.63) is 71.8 Å². The molecular weight excluding hydrogens is 318 g/mol. The van der Waals surface area contributed by atoms with Gasteiger partial charge < -0.3 is 5.11 Å². The van der Waals surface area contributed by atoms with Crippen LogP contribution in [0.2, 0.25) is 0 Å². The Morgan fingerprint density at radius 3 is 1.92 bits per heavy atom. The Hall–Kier alpha value is -2.95. The van der Waals surface area contributed by atoms with Crippen molar-refractivity contribution >= 4 is 17.8 Å². The average molecular weight is 337 g/mol. The van der Waals surface area contributed by atoms with Gasteiger partial charge in [0.25, 0.3) is 0 Å². The lowest BCUT2D eigenvalue weighted by atomic mass is 9.85. The highest BCUT2D eigenvalue weighted by atomic mass is 16.4. The molecule has 2 aromatic rings. The molecule has 3 rings (SSSR count). The van der Waals surface area contributed by atoms with Crippen molar-refractivity contribution in [2.45, 2.75) is 25.3 Å². The number of hydrogen-bond donors (Lipinski definition) is 1. The Morgan fingerprint density at radius 1 is 1.00 bits per heavy atom. The fraction of sp³-hybridized carbons (Fsp3) is 0.250. The number of rotatable bonds is 5. The van der Waals surface area contributed by atoms with Crippen LogP contribution >= 0.6 is 0 Å². The van der Waals surface area contributed by atoms with E-state index in [0.29, 0.717) is 0 Å². The fourth-order valence-electron chi connectivity index (χ4n) is 3.31. The van der Waals surface area contributed by atoms with E-state index in [0.717, 1.165) is 16.0 Å². The van der Waals surface area contributed by atoms with Crippen molar-refractivity contribution in [1.82, 2.24) is 4.90 Å². The maximum atomic E-state index is 12.7. The van der Waals surface area contributed by atoms with Crippen LogP contribution < -0.4 is 0 Å². The largest absolute Gasteiger partial charge is 0.480 e. The first-order valence-corrected chi connectivity index (χ1v) is 8.19. The van der Waals surface area contributed by atoms with Gasteiger partial charge in [-0.25, -0.2) is 4.79 Å². The maximum Gasteiger partial charge on any atom is 0.327 e. The molecule has 1 saturated heterocycles. The van der Waals surface area contributed by atoms with Crippen LogP contribution in [0.1, 0.15) is 30.4 Å². The molecule has 2 amide bonds. The molecule has 0 saturated carbocycles. The number of amides is 2. The summed E-state index contributed by atoms with van der Waals surface area (Å²) >= 11 is 0. The predicted molar refractivity (Wildman–Crippen MR) is 91.8 cm³/mol. The summed E-state index contributed by atoms with van der Waals surface area (Å²) in [6.07, 6.45) is 0.0519. The normalized spacial score (nSPS) is 19.6. The van der Waals surface area contributed by atoms with Crippen molar-refractivity contribution in [2.24, 2.45) is 5.92 Å². The monoisotopic (exact) mass is 337 g/mol. The van der Waals surface area contributed by atoms with E-state index in [2.05, 4.69) is 0 Å². The number of hydrogen-bond acceptors (Lipinski definition) is 3. The number of carbonyl (C=O) groups is 3. The molecule has 1 aliphatic heterocycles. The molecule has 1 heterocycles. The standard InChI is InChI=1S/C20H19NO4/c1-13-18(20(24)25)21(19(13)23)17(22)12-16(14-8-4-2-5-9-14)15-10-6-3-7-11-15/h2-11,13,16,18H,12H2,1H3,(H,24,25)/t13-,18+/m1/s1. The molecule has 0 unspecified atom stereocenters. The van der Waals surface area contributed by atoms with Gasteiger partial charge in [0.1, 0.15) is 6.04 Å². The lowest BCUT2D eigenvalue weighted by Gasteiger charge is -2.41. The minimum absolute atomic E-state index is 0.0519. The topological polar surface area (TPSA) is 74.7 Å². The molecule has 0 aromatic heterocycles. The van der Waals surface area contributed by atoms with E-state index in [-0.39, 0.29) is 12.3 Å². The second kappa shape index (κ2) is 6.89. The van der Waals surface area contributed by atoms with Crippen LogP contribution in [0.15, 0.2) is 60.7 Å². The highest BCUT2D eigenvalue weighted by Gasteiger charge is 2.52. The molecular formula is C20H19NO4. The predicted octanol–water partition coefficient (Wildman–Crippen LogP) is 2.67. The van der Waals surface area contributed by atoms with Gasteiger partial charge in [0.05, 0.1) is 5.92 Å². The minimum atomic E-state index is -1.14. The highest BCUT2D eigenvalue weighted by Crippen LogP contribution is 2.33. The van der Waals surface area contributed by atoms with Crippen LogP contribution in [0.3, 0.4) is 0 Å². The Morgan fingerprint density at radius 2 is 1.48 bits per heavy atom. The quantitative estimate of drug-likeness (QED) is 0.851. The number of carbonyl (C=O) groups excluding carboxylic acids is 2.